The maximum Gasteiger partial charge on any atom is 0.0832 e. The molecule has 90 valence electrons. The van der Waals surface area contributed by atoms with Crippen LogP contribution in [0.2, 0.25) is 0 Å². The van der Waals surface area contributed by atoms with Crippen molar-refractivity contribution in [3.63, 3.8) is 0 Å². The fourth-order valence-electron chi connectivity index (χ4n) is 2.13. The van der Waals surface area contributed by atoms with Crippen LogP contribution in [0.15, 0.2) is 24.3 Å². The number of hydrogen-bond acceptors (Lipinski definition) is 2. The first-order chi connectivity index (χ1) is 7.56. The van der Waals surface area contributed by atoms with Crippen LogP contribution in [-0.4, -0.2) is 11.7 Å². The fraction of sp³-hybridized carbons (Fsp3) is 0.571. The van der Waals surface area contributed by atoms with E-state index in [4.69, 9.17) is 5.73 Å². The second kappa shape index (κ2) is 6.02. The lowest BCUT2D eigenvalue weighted by Gasteiger charge is -2.24. The molecule has 0 spiro atoms. The molecule has 0 heterocycles. The molecular weight excluding hydrogens is 198 g/mol. The van der Waals surface area contributed by atoms with E-state index >= 15 is 0 Å². The largest absolute Gasteiger partial charge is 0.388 e. The van der Waals surface area contributed by atoms with Crippen molar-refractivity contribution in [1.82, 2.24) is 0 Å². The van der Waals surface area contributed by atoms with Crippen LogP contribution < -0.4 is 5.73 Å². The van der Waals surface area contributed by atoms with Gasteiger partial charge in [0.05, 0.1) is 6.10 Å². The highest BCUT2D eigenvalue weighted by atomic mass is 16.3. The number of hydrogen-bond donors (Lipinski definition) is 2. The van der Waals surface area contributed by atoms with Gasteiger partial charge in [0.15, 0.2) is 0 Å². The van der Waals surface area contributed by atoms with E-state index in [1.54, 1.807) is 0 Å². The predicted molar refractivity (Wildman–Crippen MR) is 68.1 cm³/mol. The van der Waals surface area contributed by atoms with Crippen LogP contribution in [0.4, 0.5) is 0 Å². The second-order valence-electron chi connectivity index (χ2n) is 4.93. The van der Waals surface area contributed by atoms with Gasteiger partial charge in [0.25, 0.3) is 0 Å². The van der Waals surface area contributed by atoms with E-state index in [0.29, 0.717) is 12.5 Å². The van der Waals surface area contributed by atoms with Crippen LogP contribution in [0.25, 0.3) is 0 Å². The SMILES string of the molecule is Cc1ccccc1C(O)C(CN)CC(C)C. The minimum absolute atomic E-state index is 0.154. The van der Waals surface area contributed by atoms with Gasteiger partial charge in [-0.1, -0.05) is 38.1 Å². The summed E-state index contributed by atoms with van der Waals surface area (Å²) >= 11 is 0. The summed E-state index contributed by atoms with van der Waals surface area (Å²) in [6.45, 7) is 6.88. The Balaban J connectivity index is 2.82. The summed E-state index contributed by atoms with van der Waals surface area (Å²) < 4.78 is 0. The summed E-state index contributed by atoms with van der Waals surface area (Å²) in [6, 6.07) is 7.98. The highest BCUT2D eigenvalue weighted by Gasteiger charge is 2.21. The molecule has 0 aliphatic carbocycles. The third kappa shape index (κ3) is 3.32. The van der Waals surface area contributed by atoms with Crippen molar-refractivity contribution >= 4 is 0 Å². The zero-order valence-electron chi connectivity index (χ0n) is 10.5. The Morgan fingerprint density at radius 2 is 1.88 bits per heavy atom. The minimum atomic E-state index is -0.436. The van der Waals surface area contributed by atoms with Crippen LogP contribution in [-0.2, 0) is 0 Å². The Morgan fingerprint density at radius 1 is 1.25 bits per heavy atom. The van der Waals surface area contributed by atoms with E-state index in [1.807, 2.05) is 31.2 Å². The zero-order valence-corrected chi connectivity index (χ0v) is 10.5. The molecule has 2 unspecified atom stereocenters. The normalized spacial score (nSPS) is 15.1. The number of aliphatic hydroxyl groups is 1. The van der Waals surface area contributed by atoms with Gasteiger partial charge >= 0.3 is 0 Å². The average Bonchev–Trinajstić information content (AvgIpc) is 2.25. The lowest BCUT2D eigenvalue weighted by molar-refractivity contribution is 0.0989. The molecule has 0 bridgehead atoms. The molecule has 1 aromatic rings. The van der Waals surface area contributed by atoms with Gasteiger partial charge in [-0.25, -0.2) is 0 Å². The highest BCUT2D eigenvalue weighted by molar-refractivity contribution is 5.28. The minimum Gasteiger partial charge on any atom is -0.388 e. The van der Waals surface area contributed by atoms with Crippen molar-refractivity contribution < 1.29 is 5.11 Å². The third-order valence-electron chi connectivity index (χ3n) is 3.03. The standard InChI is InChI=1S/C14H23NO/c1-10(2)8-12(9-15)14(16)13-7-5-4-6-11(13)3/h4-7,10,12,14,16H,8-9,15H2,1-3H3. The molecular formula is C14H23NO. The molecule has 16 heavy (non-hydrogen) atoms. The van der Waals surface area contributed by atoms with Gasteiger partial charge in [-0.15, -0.1) is 0 Å². The van der Waals surface area contributed by atoms with Gasteiger partial charge < -0.3 is 10.8 Å². The molecule has 2 atom stereocenters. The van der Waals surface area contributed by atoms with Crippen LogP contribution in [0, 0.1) is 18.8 Å². The molecule has 1 rings (SSSR count). The summed E-state index contributed by atoms with van der Waals surface area (Å²) in [5.41, 5.74) is 7.90. The van der Waals surface area contributed by atoms with Crippen molar-refractivity contribution in [3.8, 4) is 0 Å². The summed E-state index contributed by atoms with van der Waals surface area (Å²) in [7, 11) is 0. The molecule has 2 heteroatoms. The smallest absolute Gasteiger partial charge is 0.0832 e. The number of rotatable bonds is 5. The number of benzene rings is 1. The lowest BCUT2D eigenvalue weighted by atomic mass is 9.87. The van der Waals surface area contributed by atoms with Gasteiger partial charge in [0.2, 0.25) is 0 Å². The lowest BCUT2D eigenvalue weighted by Crippen LogP contribution is -2.24. The second-order valence-corrected chi connectivity index (χ2v) is 4.93. The molecule has 0 fully saturated rings. The Kier molecular flexibility index (Phi) is 4.97. The molecule has 0 aromatic heterocycles. The van der Waals surface area contributed by atoms with Crippen molar-refractivity contribution in [2.45, 2.75) is 33.3 Å². The van der Waals surface area contributed by atoms with E-state index in [0.717, 1.165) is 17.5 Å². The maximum absolute atomic E-state index is 10.3. The summed E-state index contributed by atoms with van der Waals surface area (Å²) in [5, 5.41) is 10.3. The number of aliphatic hydroxyl groups excluding tert-OH is 1. The molecule has 2 nitrogen and oxygen atoms in total. The zero-order chi connectivity index (χ0) is 12.1. The number of aryl methyl sites for hydroxylation is 1. The van der Waals surface area contributed by atoms with E-state index in [-0.39, 0.29) is 5.92 Å². The molecule has 0 aliphatic rings. The summed E-state index contributed by atoms with van der Waals surface area (Å²) in [5.74, 6) is 0.716. The predicted octanol–water partition coefficient (Wildman–Crippen LogP) is 2.65. The van der Waals surface area contributed by atoms with Gasteiger partial charge in [-0.3, -0.25) is 0 Å². The molecule has 0 amide bonds. The summed E-state index contributed by atoms with van der Waals surface area (Å²) in [4.78, 5) is 0. The molecule has 0 aliphatic heterocycles. The van der Waals surface area contributed by atoms with E-state index < -0.39 is 6.10 Å². The number of nitrogens with two attached hydrogens (primary N) is 1. The van der Waals surface area contributed by atoms with Gasteiger partial charge in [-0.05, 0) is 36.9 Å². The first-order valence-electron chi connectivity index (χ1n) is 6.00. The molecule has 0 saturated heterocycles. The molecule has 0 saturated carbocycles. The van der Waals surface area contributed by atoms with Gasteiger partial charge in [0.1, 0.15) is 0 Å². The van der Waals surface area contributed by atoms with Gasteiger partial charge in [-0.2, -0.15) is 0 Å². The maximum atomic E-state index is 10.3. The summed E-state index contributed by atoms with van der Waals surface area (Å²) in [6.07, 6.45) is 0.528. The van der Waals surface area contributed by atoms with E-state index in [2.05, 4.69) is 13.8 Å². The van der Waals surface area contributed by atoms with Crippen molar-refractivity contribution in [1.29, 1.82) is 0 Å². The molecule has 1 aromatic carbocycles. The van der Waals surface area contributed by atoms with Crippen molar-refractivity contribution in [2.75, 3.05) is 6.54 Å². The average molecular weight is 221 g/mol. The molecule has 3 N–H and O–H groups in total. The van der Waals surface area contributed by atoms with E-state index in [1.165, 1.54) is 0 Å². The third-order valence-corrected chi connectivity index (χ3v) is 3.03. The quantitative estimate of drug-likeness (QED) is 0.803. The van der Waals surface area contributed by atoms with Crippen molar-refractivity contribution in [2.24, 2.45) is 17.6 Å². The highest BCUT2D eigenvalue weighted by Crippen LogP contribution is 2.28. The van der Waals surface area contributed by atoms with Crippen LogP contribution >= 0.6 is 0 Å². The van der Waals surface area contributed by atoms with Crippen LogP contribution in [0.5, 0.6) is 0 Å². The monoisotopic (exact) mass is 221 g/mol. The Morgan fingerprint density at radius 3 is 2.38 bits per heavy atom. The first kappa shape index (κ1) is 13.2. The van der Waals surface area contributed by atoms with Gasteiger partial charge in [0, 0.05) is 5.92 Å². The molecule has 0 radical (unpaired) electrons. The first-order valence-corrected chi connectivity index (χ1v) is 6.00. The Labute approximate surface area is 98.5 Å². The van der Waals surface area contributed by atoms with Crippen LogP contribution in [0.1, 0.15) is 37.5 Å². The van der Waals surface area contributed by atoms with E-state index in [9.17, 15) is 5.11 Å². The topological polar surface area (TPSA) is 46.2 Å². The Bertz CT molecular complexity index is 322. The Hall–Kier alpha value is -0.860. The van der Waals surface area contributed by atoms with Crippen molar-refractivity contribution in [3.05, 3.63) is 35.4 Å². The van der Waals surface area contributed by atoms with Crippen LogP contribution in [0.3, 0.4) is 0 Å². The fourth-order valence-corrected chi connectivity index (χ4v) is 2.13.